The van der Waals surface area contributed by atoms with Gasteiger partial charge in [0.25, 0.3) is 6.29 Å². The molecule has 1 aliphatic rings. The van der Waals surface area contributed by atoms with E-state index in [1.54, 1.807) is 48.5 Å². The minimum Gasteiger partial charge on any atom is -0.443 e. The molecule has 2 N–H and O–H groups in total. The first kappa shape index (κ1) is 23.5. The molecule has 0 fully saturated rings. The molecule has 30 heavy (non-hydrogen) atoms. The molecule has 1 aromatic carbocycles. The second-order valence-electron chi connectivity index (χ2n) is 9.15. The summed E-state index contributed by atoms with van der Waals surface area (Å²) < 4.78 is 10.8. The fourth-order valence-electron chi connectivity index (χ4n) is 2.96. The van der Waals surface area contributed by atoms with Gasteiger partial charge in [0.05, 0.1) is 5.71 Å². The maximum absolute atomic E-state index is 13.1. The molecule has 0 bridgehead atoms. The number of amides is 2. The first-order chi connectivity index (χ1) is 13.7. The summed E-state index contributed by atoms with van der Waals surface area (Å²) >= 11 is 0. The Balaban J connectivity index is 2.50. The Morgan fingerprint density at radius 1 is 1.13 bits per heavy atom. The van der Waals surface area contributed by atoms with Crippen LogP contribution in [0, 0.1) is 0 Å². The topological polar surface area (TPSA) is 110 Å². The zero-order valence-corrected chi connectivity index (χ0v) is 18.6. The van der Waals surface area contributed by atoms with E-state index in [1.807, 2.05) is 30.3 Å². The molecule has 9 heteroatoms. The summed E-state index contributed by atoms with van der Waals surface area (Å²) in [7, 11) is 0. The van der Waals surface area contributed by atoms with Crippen LogP contribution in [0.3, 0.4) is 0 Å². The van der Waals surface area contributed by atoms with Crippen LogP contribution in [0.15, 0.2) is 35.5 Å². The summed E-state index contributed by atoms with van der Waals surface area (Å²) in [5.41, 5.74) is 0.322. The Bertz CT molecular complexity index is 797. The highest BCUT2D eigenvalue weighted by Crippen LogP contribution is 2.33. The van der Waals surface area contributed by atoms with E-state index in [0.717, 1.165) is 10.6 Å². The van der Waals surface area contributed by atoms with Crippen molar-refractivity contribution in [1.29, 1.82) is 0 Å². The lowest BCUT2D eigenvalue weighted by Crippen LogP contribution is -2.68. The fourth-order valence-corrected chi connectivity index (χ4v) is 2.96. The summed E-state index contributed by atoms with van der Waals surface area (Å²) in [6, 6.07) is 9.18. The van der Waals surface area contributed by atoms with Crippen molar-refractivity contribution in [3.63, 3.8) is 0 Å². The number of carbonyl (C=O) groups is 2. The molecule has 0 radical (unpaired) electrons. The van der Waals surface area contributed by atoms with E-state index in [9.17, 15) is 14.7 Å². The zero-order chi connectivity index (χ0) is 22.7. The van der Waals surface area contributed by atoms with Gasteiger partial charge in [-0.25, -0.2) is 15.0 Å². The Labute approximate surface area is 176 Å². The van der Waals surface area contributed by atoms with Crippen LogP contribution in [0.2, 0.25) is 0 Å². The molecule has 9 nitrogen and oxygen atoms in total. The number of rotatable bonds is 3. The van der Waals surface area contributed by atoms with E-state index < -0.39 is 35.2 Å². The summed E-state index contributed by atoms with van der Waals surface area (Å²) in [5.74, 6) is 0. The Hall–Kier alpha value is -2.81. The van der Waals surface area contributed by atoms with Gasteiger partial charge in [-0.2, -0.15) is 5.01 Å². The average molecular weight is 421 g/mol. The number of ether oxygens (including phenoxy) is 2. The highest BCUT2D eigenvalue weighted by Gasteiger charge is 2.56. The standard InChI is InChI=1S/C21H31N3O6/c1-14-21(16(25)30-23-14,13-15-11-9-8-10-12-15)24(18(27)29-20(5,6)7)22-17(26)28-19(2,3)4/h8-12,16,25H,13H2,1-7H3,(H,22,26). The number of nitrogens with one attached hydrogen (secondary N) is 1. The van der Waals surface area contributed by atoms with Crippen molar-refractivity contribution in [2.75, 3.05) is 0 Å². The van der Waals surface area contributed by atoms with E-state index in [4.69, 9.17) is 14.3 Å². The third-order valence-corrected chi connectivity index (χ3v) is 4.22. The van der Waals surface area contributed by atoms with E-state index in [-0.39, 0.29) is 6.42 Å². The van der Waals surface area contributed by atoms with Gasteiger partial charge in [-0.3, -0.25) is 0 Å². The van der Waals surface area contributed by atoms with Crippen LogP contribution in [-0.2, 0) is 20.7 Å². The molecule has 2 rings (SSSR count). The number of hydrogen-bond donors (Lipinski definition) is 2. The summed E-state index contributed by atoms with van der Waals surface area (Å²) in [6.45, 7) is 11.8. The molecule has 0 saturated heterocycles. The van der Waals surface area contributed by atoms with E-state index in [1.165, 1.54) is 0 Å². The van der Waals surface area contributed by atoms with Gasteiger partial charge in [-0.1, -0.05) is 35.5 Å². The molecule has 0 aliphatic carbocycles. The predicted molar refractivity (Wildman–Crippen MR) is 111 cm³/mol. The number of aliphatic hydroxyl groups is 1. The number of hydrogen-bond acceptors (Lipinski definition) is 7. The molecule has 0 saturated carbocycles. The van der Waals surface area contributed by atoms with Crippen LogP contribution in [-0.4, -0.2) is 51.0 Å². The van der Waals surface area contributed by atoms with Gasteiger partial charge >= 0.3 is 12.2 Å². The summed E-state index contributed by atoms with van der Waals surface area (Å²) in [4.78, 5) is 30.8. The normalized spacial score (nSPS) is 21.3. The van der Waals surface area contributed by atoms with E-state index >= 15 is 0 Å². The Kier molecular flexibility index (Phi) is 6.66. The third kappa shape index (κ3) is 5.63. The van der Waals surface area contributed by atoms with Crippen molar-refractivity contribution < 1.29 is 29.0 Å². The maximum atomic E-state index is 13.1. The molecule has 0 aromatic heterocycles. The molecule has 1 aromatic rings. The molecule has 2 unspecified atom stereocenters. The molecule has 2 amide bonds. The predicted octanol–water partition coefficient (Wildman–Crippen LogP) is 3.37. The second kappa shape index (κ2) is 8.51. The minimum atomic E-state index is -1.54. The lowest BCUT2D eigenvalue weighted by molar-refractivity contribution is -0.149. The highest BCUT2D eigenvalue weighted by atomic mass is 16.7. The van der Waals surface area contributed by atoms with Crippen molar-refractivity contribution in [2.45, 2.75) is 77.9 Å². The summed E-state index contributed by atoms with van der Waals surface area (Å²) in [6.07, 6.45) is -3.20. The largest absolute Gasteiger partial charge is 0.443 e. The van der Waals surface area contributed by atoms with Gasteiger partial charge in [0.15, 0.2) is 5.54 Å². The van der Waals surface area contributed by atoms with Crippen molar-refractivity contribution in [2.24, 2.45) is 5.16 Å². The van der Waals surface area contributed by atoms with Crippen LogP contribution in [0.25, 0.3) is 0 Å². The van der Waals surface area contributed by atoms with Crippen LogP contribution < -0.4 is 5.43 Å². The van der Waals surface area contributed by atoms with Crippen LogP contribution >= 0.6 is 0 Å². The fraction of sp³-hybridized carbons (Fsp3) is 0.571. The van der Waals surface area contributed by atoms with Crippen LogP contribution in [0.5, 0.6) is 0 Å². The van der Waals surface area contributed by atoms with Crippen molar-refractivity contribution >= 4 is 17.9 Å². The zero-order valence-electron chi connectivity index (χ0n) is 18.6. The smallest absolute Gasteiger partial charge is 0.430 e. The average Bonchev–Trinajstić information content (AvgIpc) is 2.86. The highest BCUT2D eigenvalue weighted by molar-refractivity contribution is 5.96. The van der Waals surface area contributed by atoms with Crippen LogP contribution in [0.1, 0.15) is 54.0 Å². The SMILES string of the molecule is CC1=NOC(O)C1(Cc1ccccc1)N(NC(=O)OC(C)(C)C)C(=O)OC(C)(C)C. The third-order valence-electron chi connectivity index (χ3n) is 4.22. The lowest BCUT2D eigenvalue weighted by atomic mass is 9.85. The first-order valence-corrected chi connectivity index (χ1v) is 9.70. The Morgan fingerprint density at radius 2 is 1.70 bits per heavy atom. The first-order valence-electron chi connectivity index (χ1n) is 9.70. The van der Waals surface area contributed by atoms with Gasteiger partial charge in [0.1, 0.15) is 11.2 Å². The molecule has 166 valence electrons. The van der Waals surface area contributed by atoms with Crippen LogP contribution in [0.4, 0.5) is 9.59 Å². The quantitative estimate of drug-likeness (QED) is 0.724. The van der Waals surface area contributed by atoms with Gasteiger partial charge < -0.3 is 19.4 Å². The van der Waals surface area contributed by atoms with Gasteiger partial charge in [0.2, 0.25) is 0 Å². The Morgan fingerprint density at radius 3 is 2.17 bits per heavy atom. The number of benzene rings is 1. The lowest BCUT2D eigenvalue weighted by Gasteiger charge is -2.41. The maximum Gasteiger partial charge on any atom is 0.430 e. The van der Waals surface area contributed by atoms with Gasteiger partial charge in [-0.15, -0.1) is 0 Å². The minimum absolute atomic E-state index is 0.110. The van der Waals surface area contributed by atoms with Crippen molar-refractivity contribution in [3.05, 3.63) is 35.9 Å². The molecule has 0 spiro atoms. The number of aliphatic hydroxyl groups excluding tert-OH is 1. The number of nitrogens with zero attached hydrogens (tertiary/aromatic N) is 2. The van der Waals surface area contributed by atoms with Gasteiger partial charge in [0, 0.05) is 6.42 Å². The molecular weight excluding hydrogens is 390 g/mol. The van der Waals surface area contributed by atoms with E-state index in [2.05, 4.69) is 10.6 Å². The molecule has 1 heterocycles. The molecular formula is C21H31N3O6. The summed E-state index contributed by atoms with van der Waals surface area (Å²) in [5, 5.41) is 15.5. The number of oxime groups is 1. The van der Waals surface area contributed by atoms with Gasteiger partial charge in [-0.05, 0) is 54.0 Å². The monoisotopic (exact) mass is 421 g/mol. The second-order valence-corrected chi connectivity index (χ2v) is 9.15. The number of hydrazine groups is 1. The molecule has 1 aliphatic heterocycles. The van der Waals surface area contributed by atoms with Crippen molar-refractivity contribution in [1.82, 2.24) is 10.4 Å². The number of carbonyl (C=O) groups excluding carboxylic acids is 2. The molecule has 2 atom stereocenters. The van der Waals surface area contributed by atoms with Crippen molar-refractivity contribution in [3.8, 4) is 0 Å². The van der Waals surface area contributed by atoms with E-state index in [0.29, 0.717) is 5.71 Å².